The van der Waals surface area contributed by atoms with Crippen LogP contribution in [-0.4, -0.2) is 13.1 Å². The standard InChI is InChI=1S/C16H11NO4/c17-7-11-1-3-12(4-2-11)9-19-14-6-16-15(20-10-21-16)5-13(14)8-18/h1-6,8H,9-10H2. The molecule has 0 amide bonds. The van der Waals surface area contributed by atoms with Gasteiger partial charge in [-0.25, -0.2) is 0 Å². The molecule has 1 aliphatic rings. The molecule has 0 N–H and O–H groups in total. The van der Waals surface area contributed by atoms with Crippen molar-refractivity contribution in [2.75, 3.05) is 6.79 Å². The lowest BCUT2D eigenvalue weighted by molar-refractivity contribution is 0.111. The van der Waals surface area contributed by atoms with Gasteiger partial charge in [0, 0.05) is 6.07 Å². The van der Waals surface area contributed by atoms with E-state index in [1.54, 1.807) is 24.3 Å². The van der Waals surface area contributed by atoms with Crippen LogP contribution in [-0.2, 0) is 6.61 Å². The van der Waals surface area contributed by atoms with Crippen LogP contribution in [0.5, 0.6) is 17.2 Å². The number of ether oxygens (including phenoxy) is 3. The van der Waals surface area contributed by atoms with Gasteiger partial charge in [-0.05, 0) is 23.8 Å². The predicted molar refractivity (Wildman–Crippen MR) is 73.4 cm³/mol. The summed E-state index contributed by atoms with van der Waals surface area (Å²) in [6, 6.07) is 12.4. The van der Waals surface area contributed by atoms with E-state index in [4.69, 9.17) is 19.5 Å². The Kier molecular flexibility index (Phi) is 3.44. The molecule has 21 heavy (non-hydrogen) atoms. The number of hydrogen-bond acceptors (Lipinski definition) is 5. The number of nitriles is 1. The molecule has 0 saturated carbocycles. The molecule has 5 nitrogen and oxygen atoms in total. The molecule has 1 aliphatic heterocycles. The largest absolute Gasteiger partial charge is 0.488 e. The molecule has 2 aromatic rings. The van der Waals surface area contributed by atoms with E-state index in [9.17, 15) is 4.79 Å². The van der Waals surface area contributed by atoms with Gasteiger partial charge in [0.2, 0.25) is 6.79 Å². The molecule has 0 aliphatic carbocycles. The van der Waals surface area contributed by atoms with Crippen molar-refractivity contribution in [2.45, 2.75) is 6.61 Å². The van der Waals surface area contributed by atoms with Gasteiger partial charge in [0.05, 0.1) is 17.2 Å². The van der Waals surface area contributed by atoms with Crippen molar-refractivity contribution in [2.24, 2.45) is 0 Å². The molecule has 0 spiro atoms. The maximum Gasteiger partial charge on any atom is 0.231 e. The minimum atomic E-state index is 0.146. The smallest absolute Gasteiger partial charge is 0.231 e. The first-order valence-electron chi connectivity index (χ1n) is 6.31. The molecule has 1 heterocycles. The van der Waals surface area contributed by atoms with Crippen molar-refractivity contribution in [3.8, 4) is 23.3 Å². The first kappa shape index (κ1) is 13.0. The normalized spacial score (nSPS) is 11.8. The van der Waals surface area contributed by atoms with E-state index in [-0.39, 0.29) is 6.79 Å². The first-order chi connectivity index (χ1) is 10.3. The lowest BCUT2D eigenvalue weighted by Crippen LogP contribution is -1.98. The van der Waals surface area contributed by atoms with Gasteiger partial charge < -0.3 is 14.2 Å². The van der Waals surface area contributed by atoms with Crippen LogP contribution in [0.15, 0.2) is 36.4 Å². The van der Waals surface area contributed by atoms with Crippen molar-refractivity contribution < 1.29 is 19.0 Å². The third-order valence-electron chi connectivity index (χ3n) is 3.11. The van der Waals surface area contributed by atoms with Crippen LogP contribution < -0.4 is 14.2 Å². The van der Waals surface area contributed by atoms with Crippen LogP contribution in [0, 0.1) is 11.3 Å². The molecule has 0 atom stereocenters. The molecule has 0 unspecified atom stereocenters. The summed E-state index contributed by atoms with van der Waals surface area (Å²) >= 11 is 0. The van der Waals surface area contributed by atoms with E-state index in [1.165, 1.54) is 0 Å². The highest BCUT2D eigenvalue weighted by molar-refractivity contribution is 5.81. The quantitative estimate of drug-likeness (QED) is 0.806. The van der Waals surface area contributed by atoms with Gasteiger partial charge in [0.15, 0.2) is 17.8 Å². The Morgan fingerprint density at radius 3 is 2.57 bits per heavy atom. The van der Waals surface area contributed by atoms with Crippen LogP contribution in [0.3, 0.4) is 0 Å². The number of carbonyl (C=O) groups is 1. The van der Waals surface area contributed by atoms with E-state index in [2.05, 4.69) is 6.07 Å². The summed E-state index contributed by atoms with van der Waals surface area (Å²) in [5.74, 6) is 1.55. The summed E-state index contributed by atoms with van der Waals surface area (Å²) in [6.07, 6.45) is 0.718. The highest BCUT2D eigenvalue weighted by Gasteiger charge is 2.17. The van der Waals surface area contributed by atoms with Gasteiger partial charge >= 0.3 is 0 Å². The van der Waals surface area contributed by atoms with Crippen molar-refractivity contribution in [3.05, 3.63) is 53.1 Å². The van der Waals surface area contributed by atoms with Gasteiger partial charge in [0.25, 0.3) is 0 Å². The number of carbonyl (C=O) groups excluding carboxylic acids is 1. The van der Waals surface area contributed by atoms with Crippen LogP contribution >= 0.6 is 0 Å². The topological polar surface area (TPSA) is 68.5 Å². The molecule has 3 rings (SSSR count). The van der Waals surface area contributed by atoms with Crippen molar-refractivity contribution in [1.82, 2.24) is 0 Å². The molecule has 2 aromatic carbocycles. The van der Waals surface area contributed by atoms with E-state index in [1.807, 2.05) is 12.1 Å². The third kappa shape index (κ3) is 2.65. The zero-order valence-corrected chi connectivity index (χ0v) is 11.0. The summed E-state index contributed by atoms with van der Waals surface area (Å²) in [5.41, 5.74) is 1.91. The second-order valence-electron chi connectivity index (χ2n) is 4.46. The summed E-state index contributed by atoms with van der Waals surface area (Å²) < 4.78 is 16.1. The minimum absolute atomic E-state index is 0.146. The molecule has 5 heteroatoms. The maximum absolute atomic E-state index is 11.1. The summed E-state index contributed by atoms with van der Waals surface area (Å²) in [6.45, 7) is 0.443. The summed E-state index contributed by atoms with van der Waals surface area (Å²) in [5, 5.41) is 8.75. The van der Waals surface area contributed by atoms with Crippen molar-refractivity contribution in [1.29, 1.82) is 5.26 Å². The highest BCUT2D eigenvalue weighted by Crippen LogP contribution is 2.37. The average Bonchev–Trinajstić information content (AvgIpc) is 2.99. The van der Waals surface area contributed by atoms with Gasteiger partial charge in [-0.1, -0.05) is 12.1 Å². The Balaban J connectivity index is 1.78. The Morgan fingerprint density at radius 1 is 1.19 bits per heavy atom. The van der Waals surface area contributed by atoms with Crippen LogP contribution in [0.1, 0.15) is 21.5 Å². The van der Waals surface area contributed by atoms with Gasteiger partial charge in [-0.3, -0.25) is 4.79 Å². The zero-order valence-electron chi connectivity index (χ0n) is 11.0. The maximum atomic E-state index is 11.1. The second kappa shape index (κ2) is 5.55. The number of rotatable bonds is 4. The number of fused-ring (bicyclic) bond motifs is 1. The van der Waals surface area contributed by atoms with Crippen LogP contribution in [0.2, 0.25) is 0 Å². The fourth-order valence-corrected chi connectivity index (χ4v) is 1.99. The van der Waals surface area contributed by atoms with Gasteiger partial charge in [0.1, 0.15) is 12.4 Å². The van der Waals surface area contributed by atoms with E-state index in [0.29, 0.717) is 35.0 Å². The third-order valence-corrected chi connectivity index (χ3v) is 3.11. The average molecular weight is 281 g/mol. The Labute approximate surface area is 121 Å². The first-order valence-corrected chi connectivity index (χ1v) is 6.31. The molecule has 104 valence electrons. The molecular formula is C16H11NO4. The number of hydrogen-bond donors (Lipinski definition) is 0. The fourth-order valence-electron chi connectivity index (χ4n) is 1.99. The SMILES string of the molecule is N#Cc1ccc(COc2cc3c(cc2C=O)OCO3)cc1. The van der Waals surface area contributed by atoms with E-state index in [0.717, 1.165) is 11.8 Å². The number of aldehydes is 1. The molecular weight excluding hydrogens is 270 g/mol. The van der Waals surface area contributed by atoms with Crippen LogP contribution in [0.25, 0.3) is 0 Å². The predicted octanol–water partition coefficient (Wildman–Crippen LogP) is 2.68. The monoisotopic (exact) mass is 281 g/mol. The van der Waals surface area contributed by atoms with Crippen molar-refractivity contribution in [3.63, 3.8) is 0 Å². The molecule has 0 bridgehead atoms. The summed E-state index contributed by atoms with van der Waals surface area (Å²) in [4.78, 5) is 11.1. The Morgan fingerprint density at radius 2 is 1.90 bits per heavy atom. The highest BCUT2D eigenvalue weighted by atomic mass is 16.7. The van der Waals surface area contributed by atoms with Crippen LogP contribution in [0.4, 0.5) is 0 Å². The van der Waals surface area contributed by atoms with E-state index >= 15 is 0 Å². The molecule has 0 radical (unpaired) electrons. The minimum Gasteiger partial charge on any atom is -0.488 e. The lowest BCUT2D eigenvalue weighted by atomic mass is 10.1. The fraction of sp³-hybridized carbons (Fsp3) is 0.125. The molecule has 0 saturated heterocycles. The lowest BCUT2D eigenvalue weighted by Gasteiger charge is -2.09. The Bertz CT molecular complexity index is 716. The Hall–Kier alpha value is -3.00. The van der Waals surface area contributed by atoms with Crippen molar-refractivity contribution >= 4 is 6.29 Å². The van der Waals surface area contributed by atoms with E-state index < -0.39 is 0 Å². The second-order valence-corrected chi connectivity index (χ2v) is 4.46. The molecule has 0 fully saturated rings. The summed E-state index contributed by atoms with van der Waals surface area (Å²) in [7, 11) is 0. The number of nitrogens with zero attached hydrogens (tertiary/aromatic N) is 1. The zero-order chi connectivity index (χ0) is 14.7. The van der Waals surface area contributed by atoms with Gasteiger partial charge in [-0.15, -0.1) is 0 Å². The number of benzene rings is 2. The van der Waals surface area contributed by atoms with Gasteiger partial charge in [-0.2, -0.15) is 5.26 Å². The molecule has 0 aromatic heterocycles.